The molecule has 18 heavy (non-hydrogen) atoms. The fourth-order valence-electron chi connectivity index (χ4n) is 2.02. The monoisotopic (exact) mass is 245 g/mol. The van der Waals surface area contributed by atoms with Crippen molar-refractivity contribution in [2.45, 2.75) is 6.42 Å². The van der Waals surface area contributed by atoms with Gasteiger partial charge >= 0.3 is 0 Å². The number of ether oxygens (including phenoxy) is 2. The largest absolute Gasteiger partial charge is 0.475 e. The smallest absolute Gasteiger partial charge is 0.257 e. The number of nitrogens with zero attached hydrogens (tertiary/aromatic N) is 2. The maximum absolute atomic E-state index is 5.84. The summed E-state index contributed by atoms with van der Waals surface area (Å²) >= 11 is 0. The summed E-state index contributed by atoms with van der Waals surface area (Å²) in [7, 11) is 0. The minimum atomic E-state index is 0.340. The first-order chi connectivity index (χ1) is 8.83. The summed E-state index contributed by atoms with van der Waals surface area (Å²) in [4.78, 5) is 8.67. The number of benzene rings is 1. The number of para-hydroxylation sites is 2. The van der Waals surface area contributed by atoms with Crippen LogP contribution in [0.25, 0.3) is 11.0 Å². The highest BCUT2D eigenvalue weighted by atomic mass is 16.5. The van der Waals surface area contributed by atoms with Crippen LogP contribution in [0.4, 0.5) is 5.82 Å². The average molecular weight is 245 g/mol. The Morgan fingerprint density at radius 3 is 2.78 bits per heavy atom. The van der Waals surface area contributed by atoms with E-state index >= 15 is 0 Å². The highest BCUT2D eigenvalue weighted by molar-refractivity contribution is 5.76. The van der Waals surface area contributed by atoms with Crippen molar-refractivity contribution in [2.24, 2.45) is 5.92 Å². The van der Waals surface area contributed by atoms with Crippen molar-refractivity contribution in [2.75, 3.05) is 25.6 Å². The van der Waals surface area contributed by atoms with E-state index < -0.39 is 0 Å². The van der Waals surface area contributed by atoms with Gasteiger partial charge in [0.05, 0.1) is 24.2 Å². The van der Waals surface area contributed by atoms with Crippen molar-refractivity contribution in [3.63, 3.8) is 0 Å². The molecular weight excluding hydrogens is 230 g/mol. The van der Waals surface area contributed by atoms with Crippen LogP contribution in [0.1, 0.15) is 6.42 Å². The lowest BCUT2D eigenvalue weighted by molar-refractivity contribution is 0.166. The first-order valence-electron chi connectivity index (χ1n) is 6.06. The van der Waals surface area contributed by atoms with E-state index in [1.165, 1.54) is 0 Å². The van der Waals surface area contributed by atoms with Crippen LogP contribution in [0, 0.1) is 5.92 Å². The van der Waals surface area contributed by atoms with Crippen LogP contribution in [-0.2, 0) is 4.74 Å². The van der Waals surface area contributed by atoms with Gasteiger partial charge in [-0.25, -0.2) is 9.97 Å². The van der Waals surface area contributed by atoms with E-state index in [0.717, 1.165) is 30.7 Å². The van der Waals surface area contributed by atoms with E-state index in [2.05, 4.69) is 9.97 Å². The number of rotatable bonds is 3. The van der Waals surface area contributed by atoms with Crippen LogP contribution >= 0.6 is 0 Å². The lowest BCUT2D eigenvalue weighted by atomic mass is 10.1. The molecule has 1 aromatic carbocycles. The van der Waals surface area contributed by atoms with Gasteiger partial charge in [-0.2, -0.15) is 0 Å². The number of nitrogen functional groups attached to an aromatic ring is 1. The summed E-state index contributed by atoms with van der Waals surface area (Å²) in [5, 5.41) is 0. The SMILES string of the molecule is Nc1nc2ccccc2nc1OCC1CCOC1. The second-order valence-electron chi connectivity index (χ2n) is 4.44. The number of aromatic nitrogens is 2. The molecule has 0 amide bonds. The van der Waals surface area contributed by atoms with Crippen LogP contribution in [-0.4, -0.2) is 29.8 Å². The Labute approximate surface area is 105 Å². The lowest BCUT2D eigenvalue weighted by Crippen LogP contribution is -2.13. The predicted octanol–water partition coefficient (Wildman–Crippen LogP) is 1.63. The number of hydrogen-bond acceptors (Lipinski definition) is 5. The minimum absolute atomic E-state index is 0.340. The Hall–Kier alpha value is -1.88. The van der Waals surface area contributed by atoms with Gasteiger partial charge in [-0.3, -0.25) is 0 Å². The standard InChI is InChI=1S/C13H15N3O2/c14-12-13(18-8-9-5-6-17-7-9)16-11-4-2-1-3-10(11)15-12/h1-4,9H,5-8H2,(H2,14,15). The molecule has 1 aromatic heterocycles. The second kappa shape index (κ2) is 4.78. The fourth-order valence-corrected chi connectivity index (χ4v) is 2.02. The molecule has 2 N–H and O–H groups in total. The quantitative estimate of drug-likeness (QED) is 0.889. The van der Waals surface area contributed by atoms with Crippen LogP contribution in [0.2, 0.25) is 0 Å². The van der Waals surface area contributed by atoms with Crippen LogP contribution < -0.4 is 10.5 Å². The van der Waals surface area contributed by atoms with Gasteiger partial charge in [-0.15, -0.1) is 0 Å². The van der Waals surface area contributed by atoms with Gasteiger partial charge in [0.15, 0.2) is 5.82 Å². The zero-order valence-corrected chi connectivity index (χ0v) is 10.0. The molecule has 94 valence electrons. The van der Waals surface area contributed by atoms with Crippen molar-refractivity contribution in [3.05, 3.63) is 24.3 Å². The zero-order valence-electron chi connectivity index (χ0n) is 10.0. The van der Waals surface area contributed by atoms with Crippen LogP contribution in [0.5, 0.6) is 5.88 Å². The van der Waals surface area contributed by atoms with Gasteiger partial charge in [0.2, 0.25) is 0 Å². The molecule has 1 fully saturated rings. The Morgan fingerprint density at radius 2 is 2.06 bits per heavy atom. The lowest BCUT2D eigenvalue weighted by Gasteiger charge is -2.11. The molecule has 1 saturated heterocycles. The van der Waals surface area contributed by atoms with Crippen molar-refractivity contribution >= 4 is 16.9 Å². The van der Waals surface area contributed by atoms with Crippen molar-refractivity contribution in [3.8, 4) is 5.88 Å². The highest BCUT2D eigenvalue weighted by Crippen LogP contribution is 2.22. The molecule has 3 rings (SSSR count). The average Bonchev–Trinajstić information content (AvgIpc) is 2.89. The van der Waals surface area contributed by atoms with Crippen molar-refractivity contribution < 1.29 is 9.47 Å². The third-order valence-corrected chi connectivity index (χ3v) is 3.04. The van der Waals surface area contributed by atoms with Gasteiger partial charge in [0, 0.05) is 12.5 Å². The third kappa shape index (κ3) is 2.22. The van der Waals surface area contributed by atoms with E-state index in [1.54, 1.807) is 0 Å². The number of fused-ring (bicyclic) bond motifs is 1. The second-order valence-corrected chi connectivity index (χ2v) is 4.44. The molecule has 2 heterocycles. The van der Waals surface area contributed by atoms with Crippen LogP contribution in [0.3, 0.4) is 0 Å². The Kier molecular flexibility index (Phi) is 2.98. The van der Waals surface area contributed by atoms with Gasteiger partial charge in [0.1, 0.15) is 0 Å². The molecule has 0 saturated carbocycles. The molecule has 0 bridgehead atoms. The van der Waals surface area contributed by atoms with Gasteiger partial charge in [-0.1, -0.05) is 12.1 Å². The Balaban J connectivity index is 1.80. The molecule has 0 aliphatic carbocycles. The number of hydrogen-bond donors (Lipinski definition) is 1. The normalized spacial score (nSPS) is 19.2. The van der Waals surface area contributed by atoms with E-state index in [4.69, 9.17) is 15.2 Å². The molecule has 5 heteroatoms. The molecule has 5 nitrogen and oxygen atoms in total. The van der Waals surface area contributed by atoms with E-state index in [1.807, 2.05) is 24.3 Å². The topological polar surface area (TPSA) is 70.3 Å². The molecule has 1 atom stereocenters. The molecule has 1 aliphatic heterocycles. The first-order valence-corrected chi connectivity index (χ1v) is 6.06. The summed E-state index contributed by atoms with van der Waals surface area (Å²) in [6, 6.07) is 7.61. The summed E-state index contributed by atoms with van der Waals surface area (Å²) in [5.41, 5.74) is 7.42. The van der Waals surface area contributed by atoms with Crippen LogP contribution in [0.15, 0.2) is 24.3 Å². The molecule has 0 spiro atoms. The molecular formula is C13H15N3O2. The van der Waals surface area contributed by atoms with Crippen molar-refractivity contribution in [1.82, 2.24) is 9.97 Å². The predicted molar refractivity (Wildman–Crippen MR) is 68.4 cm³/mol. The van der Waals surface area contributed by atoms with Gasteiger partial charge < -0.3 is 15.2 Å². The van der Waals surface area contributed by atoms with E-state index in [-0.39, 0.29) is 0 Å². The summed E-state index contributed by atoms with van der Waals surface area (Å²) in [6.45, 7) is 2.14. The fraction of sp³-hybridized carbons (Fsp3) is 0.385. The molecule has 2 aromatic rings. The molecule has 0 radical (unpaired) electrons. The molecule has 1 aliphatic rings. The molecule has 1 unspecified atom stereocenters. The van der Waals surface area contributed by atoms with Crippen molar-refractivity contribution in [1.29, 1.82) is 0 Å². The Bertz CT molecular complexity index is 553. The third-order valence-electron chi connectivity index (χ3n) is 3.04. The maximum atomic E-state index is 5.84. The van der Waals surface area contributed by atoms with E-state index in [9.17, 15) is 0 Å². The number of nitrogens with two attached hydrogens (primary N) is 1. The first kappa shape index (κ1) is 11.2. The van der Waals surface area contributed by atoms with Gasteiger partial charge in [-0.05, 0) is 18.6 Å². The van der Waals surface area contributed by atoms with E-state index in [0.29, 0.717) is 24.2 Å². The summed E-state index contributed by atoms with van der Waals surface area (Å²) in [5.74, 6) is 1.19. The summed E-state index contributed by atoms with van der Waals surface area (Å²) < 4.78 is 10.9. The zero-order chi connectivity index (χ0) is 12.4. The minimum Gasteiger partial charge on any atom is -0.475 e. The summed E-state index contributed by atoms with van der Waals surface area (Å²) in [6.07, 6.45) is 1.03. The highest BCUT2D eigenvalue weighted by Gasteiger charge is 2.17. The Morgan fingerprint density at radius 1 is 1.28 bits per heavy atom. The maximum Gasteiger partial charge on any atom is 0.257 e. The van der Waals surface area contributed by atoms with Gasteiger partial charge in [0.25, 0.3) is 5.88 Å². The number of anilines is 1.